The summed E-state index contributed by atoms with van der Waals surface area (Å²) in [6.45, 7) is 10.4. The molecule has 2 N–H and O–H groups in total. The maximum absolute atomic E-state index is 13.4. The van der Waals surface area contributed by atoms with Gasteiger partial charge in [0.15, 0.2) is 0 Å². The molecule has 206 valence electrons. The quantitative estimate of drug-likeness (QED) is 0.441. The number of methoxy groups -OCH3 is 1. The Kier molecular flexibility index (Phi) is 9.10. The van der Waals surface area contributed by atoms with Gasteiger partial charge in [-0.15, -0.1) is 0 Å². The van der Waals surface area contributed by atoms with Crippen molar-refractivity contribution >= 4 is 27.8 Å². The number of nitrogens with one attached hydrogen (secondary N) is 2. The van der Waals surface area contributed by atoms with Gasteiger partial charge < -0.3 is 19.6 Å². The van der Waals surface area contributed by atoms with Crippen molar-refractivity contribution in [1.29, 1.82) is 0 Å². The summed E-state index contributed by atoms with van der Waals surface area (Å²) in [6.07, 6.45) is 4.19. The molecule has 1 unspecified atom stereocenters. The van der Waals surface area contributed by atoms with Crippen LogP contribution in [0.15, 0.2) is 35.1 Å². The Morgan fingerprint density at radius 1 is 1.13 bits per heavy atom. The highest BCUT2D eigenvalue weighted by atomic mass is 32.2. The molecule has 1 amide bonds. The number of carbonyl (C=O) groups is 1. The standard InChI is InChI=1S/C27H34N4O4S.C2H6/c1-17-14-24(35-3)22(26(32)29-17)15-28-27(33)25-18(2)31(23-7-5-4-6-21(23)25)16-19-10-12-30(13-11-19)36(34)20-8-9-20;1-2/h4-7,14,19-20H,8-13,15-16H2,1-3H3,(H,28,33)(H,29,32);1-2H3. The molecule has 1 aromatic carbocycles. The molecule has 1 saturated heterocycles. The van der Waals surface area contributed by atoms with Crippen LogP contribution in [-0.4, -0.2) is 49.4 Å². The van der Waals surface area contributed by atoms with E-state index < -0.39 is 11.0 Å². The van der Waals surface area contributed by atoms with Gasteiger partial charge in [0.25, 0.3) is 11.5 Å². The van der Waals surface area contributed by atoms with Crippen LogP contribution in [0.2, 0.25) is 0 Å². The Morgan fingerprint density at radius 2 is 1.82 bits per heavy atom. The van der Waals surface area contributed by atoms with E-state index in [-0.39, 0.29) is 18.0 Å². The lowest BCUT2D eigenvalue weighted by atomic mass is 9.98. The first-order valence-corrected chi connectivity index (χ1v) is 14.8. The first-order chi connectivity index (χ1) is 18.4. The lowest BCUT2D eigenvalue weighted by molar-refractivity contribution is 0.0951. The monoisotopic (exact) mass is 540 g/mol. The number of nitrogens with zero attached hydrogens (tertiary/aromatic N) is 2. The van der Waals surface area contributed by atoms with Gasteiger partial charge in [-0.1, -0.05) is 32.0 Å². The highest BCUT2D eigenvalue weighted by molar-refractivity contribution is 7.83. The molecule has 2 fully saturated rings. The second kappa shape index (κ2) is 12.3. The highest BCUT2D eigenvalue weighted by Crippen LogP contribution is 2.32. The number of carbonyl (C=O) groups excluding carboxylic acids is 1. The first-order valence-electron chi connectivity index (χ1n) is 13.7. The third-order valence-electron chi connectivity index (χ3n) is 7.41. The molecule has 1 atom stereocenters. The molecule has 1 aliphatic carbocycles. The van der Waals surface area contributed by atoms with Gasteiger partial charge in [-0.25, -0.2) is 8.51 Å². The summed E-state index contributed by atoms with van der Waals surface area (Å²) < 4.78 is 22.3. The minimum atomic E-state index is -0.821. The van der Waals surface area contributed by atoms with Gasteiger partial charge in [-0.3, -0.25) is 9.59 Å². The molecule has 3 aromatic rings. The number of aromatic nitrogens is 2. The van der Waals surface area contributed by atoms with Crippen LogP contribution in [0.5, 0.6) is 5.75 Å². The number of para-hydroxylation sites is 1. The summed E-state index contributed by atoms with van der Waals surface area (Å²) in [5.41, 5.74) is 3.43. The van der Waals surface area contributed by atoms with Crippen molar-refractivity contribution in [1.82, 2.24) is 19.2 Å². The SMILES string of the molecule is CC.COc1cc(C)[nH]c(=O)c1CNC(=O)c1c(C)n(CC2CCN(S(=O)C3CC3)CC2)c2ccccc12. The molecule has 9 heteroatoms. The van der Waals surface area contributed by atoms with Gasteiger partial charge in [0.1, 0.15) is 5.75 Å². The van der Waals surface area contributed by atoms with Crippen LogP contribution in [0.25, 0.3) is 10.9 Å². The van der Waals surface area contributed by atoms with Gasteiger partial charge in [0.05, 0.1) is 35.8 Å². The smallest absolute Gasteiger partial charge is 0.256 e. The van der Waals surface area contributed by atoms with Crippen molar-refractivity contribution in [3.05, 3.63) is 63.2 Å². The van der Waals surface area contributed by atoms with E-state index in [1.54, 1.807) is 13.0 Å². The van der Waals surface area contributed by atoms with E-state index in [0.717, 1.165) is 61.9 Å². The molecule has 8 nitrogen and oxygen atoms in total. The van der Waals surface area contributed by atoms with E-state index >= 15 is 0 Å². The topological polar surface area (TPSA) is 96.4 Å². The van der Waals surface area contributed by atoms with Crippen molar-refractivity contribution in [2.45, 2.75) is 71.7 Å². The molecule has 3 heterocycles. The maximum Gasteiger partial charge on any atom is 0.256 e. The van der Waals surface area contributed by atoms with E-state index in [0.29, 0.717) is 33.7 Å². The number of piperidine rings is 1. The van der Waals surface area contributed by atoms with Crippen LogP contribution in [-0.2, 0) is 24.1 Å². The van der Waals surface area contributed by atoms with Crippen LogP contribution in [0.4, 0.5) is 0 Å². The molecule has 5 rings (SSSR count). The van der Waals surface area contributed by atoms with Crippen LogP contribution in [0.1, 0.15) is 66.8 Å². The number of fused-ring (bicyclic) bond motifs is 1. The van der Waals surface area contributed by atoms with Crippen LogP contribution in [0, 0.1) is 19.8 Å². The molecule has 0 radical (unpaired) electrons. The lowest BCUT2D eigenvalue weighted by Crippen LogP contribution is -2.37. The normalized spacial score (nSPS) is 17.1. The number of benzene rings is 1. The zero-order chi connectivity index (χ0) is 27.4. The van der Waals surface area contributed by atoms with E-state index in [4.69, 9.17) is 4.74 Å². The molecule has 2 aromatic heterocycles. The number of ether oxygens (including phenoxy) is 1. The molecule has 0 bridgehead atoms. The summed E-state index contributed by atoms with van der Waals surface area (Å²) in [7, 11) is 0.698. The third kappa shape index (κ3) is 5.89. The lowest BCUT2D eigenvalue weighted by Gasteiger charge is -2.31. The number of aromatic amines is 1. The number of hydrogen-bond donors (Lipinski definition) is 2. The second-order valence-electron chi connectivity index (χ2n) is 9.95. The number of aryl methyl sites for hydroxylation is 1. The van der Waals surface area contributed by atoms with Crippen molar-refractivity contribution in [3.8, 4) is 5.75 Å². The van der Waals surface area contributed by atoms with Gasteiger partial charge in [0, 0.05) is 47.2 Å². The summed E-state index contributed by atoms with van der Waals surface area (Å²) in [4.78, 5) is 28.6. The third-order valence-corrected chi connectivity index (χ3v) is 9.33. The molecule has 1 aliphatic heterocycles. The minimum absolute atomic E-state index is 0.0765. The molecule has 0 spiro atoms. The Labute approximate surface area is 227 Å². The van der Waals surface area contributed by atoms with Crippen LogP contribution < -0.4 is 15.6 Å². The van der Waals surface area contributed by atoms with E-state index in [2.05, 4.69) is 25.2 Å². The molecular formula is C29H40N4O4S. The molecule has 1 saturated carbocycles. The number of hydrogen-bond acceptors (Lipinski definition) is 4. The predicted molar refractivity (Wildman–Crippen MR) is 153 cm³/mol. The van der Waals surface area contributed by atoms with Crippen molar-refractivity contribution in [2.75, 3.05) is 20.2 Å². The fourth-order valence-electron chi connectivity index (χ4n) is 5.26. The van der Waals surface area contributed by atoms with Crippen molar-refractivity contribution in [3.63, 3.8) is 0 Å². The van der Waals surface area contributed by atoms with Gasteiger partial charge >= 0.3 is 0 Å². The summed E-state index contributed by atoms with van der Waals surface area (Å²) >= 11 is 0. The predicted octanol–water partition coefficient (Wildman–Crippen LogP) is 4.45. The Balaban J connectivity index is 0.00000164. The molecule has 2 aliphatic rings. The highest BCUT2D eigenvalue weighted by Gasteiger charge is 2.34. The number of H-pyrrole nitrogens is 1. The van der Waals surface area contributed by atoms with Crippen LogP contribution in [0.3, 0.4) is 0 Å². The van der Waals surface area contributed by atoms with E-state index in [1.807, 2.05) is 39.0 Å². The van der Waals surface area contributed by atoms with E-state index in [1.165, 1.54) is 7.11 Å². The number of pyridine rings is 1. The molecule has 38 heavy (non-hydrogen) atoms. The Morgan fingerprint density at radius 3 is 2.47 bits per heavy atom. The molecular weight excluding hydrogens is 500 g/mol. The fraction of sp³-hybridized carbons (Fsp3) is 0.517. The summed E-state index contributed by atoms with van der Waals surface area (Å²) in [5, 5.41) is 4.23. The summed E-state index contributed by atoms with van der Waals surface area (Å²) in [5.74, 6) is 0.724. The number of rotatable bonds is 8. The summed E-state index contributed by atoms with van der Waals surface area (Å²) in [6, 6.07) is 9.74. The van der Waals surface area contributed by atoms with Gasteiger partial charge in [-0.05, 0) is 57.6 Å². The number of amides is 1. The fourth-order valence-corrected chi connectivity index (χ4v) is 6.79. The maximum atomic E-state index is 13.4. The average Bonchev–Trinajstić information content (AvgIpc) is 3.74. The van der Waals surface area contributed by atoms with Gasteiger partial charge in [0.2, 0.25) is 0 Å². The Bertz CT molecular complexity index is 1370. The van der Waals surface area contributed by atoms with Gasteiger partial charge in [-0.2, -0.15) is 0 Å². The zero-order valence-corrected chi connectivity index (χ0v) is 24.0. The van der Waals surface area contributed by atoms with Crippen LogP contribution >= 0.6 is 0 Å². The second-order valence-corrected chi connectivity index (χ2v) is 11.7. The van der Waals surface area contributed by atoms with E-state index in [9.17, 15) is 13.8 Å². The zero-order valence-electron chi connectivity index (χ0n) is 23.1. The Hall–Kier alpha value is -2.91. The van der Waals surface area contributed by atoms with Crippen molar-refractivity contribution < 1.29 is 13.7 Å². The van der Waals surface area contributed by atoms with Crippen molar-refractivity contribution in [2.24, 2.45) is 5.92 Å². The first kappa shape index (κ1) is 28.1. The minimum Gasteiger partial charge on any atom is -0.496 e. The average molecular weight is 541 g/mol. The largest absolute Gasteiger partial charge is 0.496 e.